The fraction of sp³-hybridized carbons (Fsp3) is 0.667. The van der Waals surface area contributed by atoms with Gasteiger partial charge in [-0.1, -0.05) is 6.58 Å². The van der Waals surface area contributed by atoms with Gasteiger partial charge in [0.15, 0.2) is 0 Å². The van der Waals surface area contributed by atoms with Crippen LogP contribution in [0.15, 0.2) is 12.7 Å². The highest BCUT2D eigenvalue weighted by Crippen LogP contribution is 1.74. The van der Waals surface area contributed by atoms with E-state index in [1.54, 1.807) is 0 Å². The van der Waals surface area contributed by atoms with Crippen molar-refractivity contribution in [2.45, 2.75) is 6.92 Å². The summed E-state index contributed by atoms with van der Waals surface area (Å²) in [6, 6.07) is 0. The highest BCUT2D eigenvalue weighted by molar-refractivity contribution is 7.80. The van der Waals surface area contributed by atoms with Crippen molar-refractivity contribution in [1.29, 1.82) is 0 Å². The first-order chi connectivity index (χ1) is 7.60. The lowest BCUT2D eigenvalue weighted by molar-refractivity contribution is -0.116. The zero-order valence-corrected chi connectivity index (χ0v) is 11.7. The van der Waals surface area contributed by atoms with Crippen LogP contribution in [0.4, 0.5) is 0 Å². The van der Waals surface area contributed by atoms with E-state index in [4.69, 9.17) is 4.55 Å². The van der Waals surface area contributed by atoms with Crippen LogP contribution in [-0.2, 0) is 19.4 Å². The van der Waals surface area contributed by atoms with E-state index in [0.29, 0.717) is 6.54 Å². The molecular weight excluding hydrogens is 248 g/mol. The maximum absolute atomic E-state index is 10.2. The quantitative estimate of drug-likeness (QED) is 0.550. The molecule has 0 atom stereocenters. The lowest BCUT2D eigenvalue weighted by atomic mass is 10.6. The van der Waals surface area contributed by atoms with E-state index in [1.807, 2.05) is 33.0 Å². The molecule has 0 rings (SSSR count). The fourth-order valence-electron chi connectivity index (χ4n) is 0.246. The summed E-state index contributed by atoms with van der Waals surface area (Å²) in [5.41, 5.74) is 0. The number of carbonyl (C=O) groups is 1. The number of nitrogens with one attached hydrogen (secondary N) is 1. The molecule has 2 N–H and O–H groups in total. The molecule has 0 radical (unpaired) electrons. The van der Waals surface area contributed by atoms with Crippen LogP contribution in [0.25, 0.3) is 0 Å². The van der Waals surface area contributed by atoms with E-state index in [1.165, 1.54) is 6.08 Å². The molecule has 0 aliphatic carbocycles. The highest BCUT2D eigenvalue weighted by Gasteiger charge is 1.94. The van der Waals surface area contributed by atoms with E-state index in [9.17, 15) is 13.2 Å². The van der Waals surface area contributed by atoms with Gasteiger partial charge in [-0.2, -0.15) is 8.42 Å². The first kappa shape index (κ1) is 21.3. The van der Waals surface area contributed by atoms with Crippen LogP contribution in [0.1, 0.15) is 6.92 Å². The Morgan fingerprint density at radius 3 is 1.82 bits per heavy atom. The molecule has 0 fully saturated rings. The zero-order valence-electron chi connectivity index (χ0n) is 10.9. The molecule has 0 heterocycles. The van der Waals surface area contributed by atoms with Crippen molar-refractivity contribution in [1.82, 2.24) is 10.2 Å². The summed E-state index contributed by atoms with van der Waals surface area (Å²) in [6.07, 6.45) is 1.25. The van der Waals surface area contributed by atoms with Crippen LogP contribution in [0.2, 0.25) is 0 Å². The van der Waals surface area contributed by atoms with Crippen molar-refractivity contribution >= 4 is 16.3 Å². The molecule has 8 heteroatoms. The number of hydrogen-bond acceptors (Lipinski definition) is 5. The van der Waals surface area contributed by atoms with Gasteiger partial charge in [0.2, 0.25) is 5.91 Å². The number of rotatable bonds is 3. The summed E-state index contributed by atoms with van der Waals surface area (Å²) in [6.45, 7) is 5.80. The van der Waals surface area contributed by atoms with Gasteiger partial charge in [0.05, 0.1) is 7.11 Å². The third kappa shape index (κ3) is 51.6. The third-order valence-corrected chi connectivity index (χ3v) is 1.17. The van der Waals surface area contributed by atoms with E-state index >= 15 is 0 Å². The molecule has 104 valence electrons. The Morgan fingerprint density at radius 1 is 1.47 bits per heavy atom. The van der Waals surface area contributed by atoms with Crippen molar-refractivity contribution in [3.63, 3.8) is 0 Å². The summed E-state index contributed by atoms with van der Waals surface area (Å²) < 4.78 is 29.7. The molecule has 0 aromatic rings. The van der Waals surface area contributed by atoms with E-state index in [-0.39, 0.29) is 5.91 Å². The number of hydrogen-bond donors (Lipinski definition) is 2. The predicted molar refractivity (Wildman–Crippen MR) is 67.0 cm³/mol. The third-order valence-electron chi connectivity index (χ3n) is 0.747. The Balaban J connectivity index is -0.000000180. The lowest BCUT2D eigenvalue weighted by Crippen LogP contribution is -2.19. The Morgan fingerprint density at radius 2 is 1.76 bits per heavy atom. The first-order valence-electron chi connectivity index (χ1n) is 4.64. The van der Waals surface area contributed by atoms with Gasteiger partial charge < -0.3 is 10.2 Å². The largest absolute Gasteiger partial charge is 0.397 e. The molecule has 1 amide bonds. The summed E-state index contributed by atoms with van der Waals surface area (Å²) in [5.74, 6) is -0.109. The summed E-state index contributed by atoms with van der Waals surface area (Å²) in [4.78, 5) is 12.2. The Bertz CT molecular complexity index is 285. The molecule has 0 saturated heterocycles. The monoisotopic (exact) mass is 270 g/mol. The van der Waals surface area contributed by atoms with Gasteiger partial charge in [-0.05, 0) is 34.1 Å². The van der Waals surface area contributed by atoms with Crippen molar-refractivity contribution in [2.75, 3.05) is 34.8 Å². The highest BCUT2D eigenvalue weighted by atomic mass is 32.3. The van der Waals surface area contributed by atoms with Gasteiger partial charge in [0, 0.05) is 6.54 Å². The average molecular weight is 270 g/mol. The summed E-state index contributed by atoms with van der Waals surface area (Å²) >= 11 is 0. The Labute approximate surface area is 103 Å². The molecule has 0 unspecified atom stereocenters. The second-order valence-corrected chi connectivity index (χ2v) is 4.22. The predicted octanol–water partition coefficient (Wildman–Crippen LogP) is -0.0781. The van der Waals surface area contributed by atoms with Crippen LogP contribution in [0.5, 0.6) is 0 Å². The first-order valence-corrected chi connectivity index (χ1v) is 6.01. The van der Waals surface area contributed by atoms with Crippen molar-refractivity contribution in [3.8, 4) is 0 Å². The molecule has 7 nitrogen and oxygen atoms in total. The summed E-state index contributed by atoms with van der Waals surface area (Å²) in [5, 5.41) is 2.54. The number of amides is 1. The topological polar surface area (TPSA) is 95.9 Å². The second-order valence-electron chi connectivity index (χ2n) is 3.03. The zero-order chi connectivity index (χ0) is 14.5. The maximum atomic E-state index is 10.2. The van der Waals surface area contributed by atoms with Gasteiger partial charge >= 0.3 is 10.4 Å². The van der Waals surface area contributed by atoms with Crippen molar-refractivity contribution in [3.05, 3.63) is 12.7 Å². The Hall–Kier alpha value is -0.960. The smallest absolute Gasteiger partial charge is 0.353 e. The van der Waals surface area contributed by atoms with Crippen LogP contribution in [0, 0.1) is 0 Å². The van der Waals surface area contributed by atoms with Crippen LogP contribution in [0.3, 0.4) is 0 Å². The van der Waals surface area contributed by atoms with Gasteiger partial charge in [-0.25, -0.2) is 0 Å². The van der Waals surface area contributed by atoms with Crippen LogP contribution >= 0.6 is 0 Å². The number of likely N-dealkylation sites (N-methyl/N-ethyl adjacent to an activating group) is 1. The molecule has 17 heavy (non-hydrogen) atoms. The van der Waals surface area contributed by atoms with Gasteiger partial charge in [0.25, 0.3) is 0 Å². The molecule has 0 bridgehead atoms. The summed E-state index contributed by atoms with van der Waals surface area (Å²) in [7, 11) is 2.71. The molecule has 0 aromatic carbocycles. The maximum Gasteiger partial charge on any atom is 0.397 e. The van der Waals surface area contributed by atoms with Crippen molar-refractivity contribution < 1.29 is 21.9 Å². The van der Waals surface area contributed by atoms with E-state index < -0.39 is 10.4 Å². The SMILES string of the molecule is C=CC(=O)NCC.CN(C)C.COS(=O)(=O)O. The van der Waals surface area contributed by atoms with Gasteiger partial charge in [-0.15, -0.1) is 0 Å². The standard InChI is InChI=1S/C5H9NO.C3H9N.CH4O4S/c1-3-5(7)6-4-2;1-4(2)3;1-5-6(2,3)4/h3H,1,4H2,2H3,(H,6,7);1-3H3;1H3,(H,2,3,4). The average Bonchev–Trinajstić information content (AvgIpc) is 2.17. The molecular formula is C9H22N2O5S. The number of nitrogens with zero attached hydrogens (tertiary/aromatic N) is 1. The van der Waals surface area contributed by atoms with Crippen LogP contribution < -0.4 is 5.32 Å². The number of carbonyl (C=O) groups excluding carboxylic acids is 1. The van der Waals surface area contributed by atoms with E-state index in [0.717, 1.165) is 7.11 Å². The molecule has 0 saturated carbocycles. The molecule has 0 aliphatic heterocycles. The van der Waals surface area contributed by atoms with Gasteiger partial charge in [0.1, 0.15) is 0 Å². The molecule has 0 aromatic heterocycles. The minimum Gasteiger partial charge on any atom is -0.353 e. The van der Waals surface area contributed by atoms with Crippen molar-refractivity contribution in [2.24, 2.45) is 0 Å². The Kier molecular flexibility index (Phi) is 16.5. The molecule has 0 aliphatic rings. The second kappa shape index (κ2) is 13.1. The minimum atomic E-state index is -4.16. The van der Waals surface area contributed by atoms with Gasteiger partial charge in [-0.3, -0.25) is 13.5 Å². The normalized spacial score (nSPS) is 9.35. The lowest BCUT2D eigenvalue weighted by Gasteiger charge is -1.90. The van der Waals surface area contributed by atoms with E-state index in [2.05, 4.69) is 16.1 Å². The minimum absolute atomic E-state index is 0.109. The van der Waals surface area contributed by atoms with Crippen LogP contribution in [-0.4, -0.2) is 58.6 Å². The fourth-order valence-corrected chi connectivity index (χ4v) is 0.246. The molecule has 0 spiro atoms.